The highest BCUT2D eigenvalue weighted by Crippen LogP contribution is 2.16. The molecule has 21 heavy (non-hydrogen) atoms. The van der Waals surface area contributed by atoms with E-state index in [-0.39, 0.29) is 11.8 Å². The molecule has 0 fully saturated rings. The van der Waals surface area contributed by atoms with Crippen molar-refractivity contribution in [2.75, 3.05) is 11.9 Å². The number of carbonyl (C=O) groups is 1. The molecule has 0 saturated heterocycles. The fourth-order valence-corrected chi connectivity index (χ4v) is 2.33. The SMILES string of the molecule is CCCCC(CC)C(=O)Nc1ccc(CNCCC)cc1. The number of anilines is 1. The lowest BCUT2D eigenvalue weighted by molar-refractivity contribution is -0.120. The van der Waals surface area contributed by atoms with Gasteiger partial charge in [-0.05, 0) is 43.5 Å². The van der Waals surface area contributed by atoms with Crippen molar-refractivity contribution in [3.8, 4) is 0 Å². The minimum absolute atomic E-state index is 0.135. The molecule has 0 bridgehead atoms. The van der Waals surface area contributed by atoms with E-state index in [1.165, 1.54) is 5.56 Å². The Hall–Kier alpha value is -1.35. The maximum atomic E-state index is 12.2. The van der Waals surface area contributed by atoms with Gasteiger partial charge in [0.05, 0.1) is 0 Å². The third kappa shape index (κ3) is 6.76. The molecule has 2 N–H and O–H groups in total. The molecular weight excluding hydrogens is 260 g/mol. The van der Waals surface area contributed by atoms with Crippen LogP contribution in [0, 0.1) is 5.92 Å². The van der Waals surface area contributed by atoms with Gasteiger partial charge in [-0.3, -0.25) is 4.79 Å². The number of benzene rings is 1. The van der Waals surface area contributed by atoms with Gasteiger partial charge in [0, 0.05) is 18.2 Å². The fraction of sp³-hybridized carbons (Fsp3) is 0.611. The standard InChI is InChI=1S/C18H30N2O/c1-4-7-8-16(6-3)18(21)20-17-11-9-15(10-12-17)14-19-13-5-2/h9-12,16,19H,4-8,13-14H2,1-3H3,(H,20,21). The lowest BCUT2D eigenvalue weighted by atomic mass is 9.98. The Morgan fingerprint density at radius 2 is 1.81 bits per heavy atom. The summed E-state index contributed by atoms with van der Waals surface area (Å²) in [5.74, 6) is 0.290. The summed E-state index contributed by atoms with van der Waals surface area (Å²) in [6.07, 6.45) is 5.30. The van der Waals surface area contributed by atoms with Crippen molar-refractivity contribution in [1.29, 1.82) is 0 Å². The zero-order chi connectivity index (χ0) is 15.5. The Morgan fingerprint density at radius 3 is 2.38 bits per heavy atom. The zero-order valence-corrected chi connectivity index (χ0v) is 13.7. The number of unbranched alkanes of at least 4 members (excludes halogenated alkanes) is 1. The number of hydrogen-bond donors (Lipinski definition) is 2. The molecule has 3 heteroatoms. The van der Waals surface area contributed by atoms with Gasteiger partial charge in [0.25, 0.3) is 0 Å². The van der Waals surface area contributed by atoms with E-state index in [0.29, 0.717) is 0 Å². The van der Waals surface area contributed by atoms with Crippen molar-refractivity contribution < 1.29 is 4.79 Å². The molecule has 0 aliphatic carbocycles. The van der Waals surface area contributed by atoms with Crippen molar-refractivity contribution >= 4 is 11.6 Å². The zero-order valence-electron chi connectivity index (χ0n) is 13.7. The van der Waals surface area contributed by atoms with E-state index in [9.17, 15) is 4.79 Å². The number of hydrogen-bond acceptors (Lipinski definition) is 2. The van der Waals surface area contributed by atoms with E-state index < -0.39 is 0 Å². The van der Waals surface area contributed by atoms with E-state index >= 15 is 0 Å². The topological polar surface area (TPSA) is 41.1 Å². The quantitative estimate of drug-likeness (QED) is 0.629. The molecule has 0 saturated carbocycles. The Labute approximate surface area is 129 Å². The average molecular weight is 290 g/mol. The molecule has 0 aliphatic rings. The minimum atomic E-state index is 0.135. The van der Waals surface area contributed by atoms with Gasteiger partial charge < -0.3 is 10.6 Å². The predicted molar refractivity (Wildman–Crippen MR) is 90.4 cm³/mol. The van der Waals surface area contributed by atoms with Crippen molar-refractivity contribution in [1.82, 2.24) is 5.32 Å². The van der Waals surface area contributed by atoms with Crippen molar-refractivity contribution in [3.63, 3.8) is 0 Å². The van der Waals surface area contributed by atoms with E-state index in [4.69, 9.17) is 0 Å². The van der Waals surface area contributed by atoms with Gasteiger partial charge in [-0.2, -0.15) is 0 Å². The predicted octanol–water partition coefficient (Wildman–Crippen LogP) is 4.34. The average Bonchev–Trinajstić information content (AvgIpc) is 2.50. The Morgan fingerprint density at radius 1 is 1.10 bits per heavy atom. The summed E-state index contributed by atoms with van der Waals surface area (Å²) in [5, 5.41) is 6.41. The van der Waals surface area contributed by atoms with Crippen LogP contribution >= 0.6 is 0 Å². The van der Waals surface area contributed by atoms with Crippen LogP contribution in [-0.4, -0.2) is 12.5 Å². The van der Waals surface area contributed by atoms with Crippen LogP contribution in [0.4, 0.5) is 5.69 Å². The second-order valence-electron chi connectivity index (χ2n) is 5.61. The maximum absolute atomic E-state index is 12.2. The fourth-order valence-electron chi connectivity index (χ4n) is 2.33. The van der Waals surface area contributed by atoms with Crippen LogP contribution in [0.25, 0.3) is 0 Å². The van der Waals surface area contributed by atoms with Crippen molar-refractivity contribution in [3.05, 3.63) is 29.8 Å². The summed E-state index contributed by atoms with van der Waals surface area (Å²) in [4.78, 5) is 12.2. The molecule has 0 radical (unpaired) electrons. The summed E-state index contributed by atoms with van der Waals surface area (Å²) in [5.41, 5.74) is 2.15. The van der Waals surface area contributed by atoms with Gasteiger partial charge in [0.15, 0.2) is 0 Å². The molecule has 0 spiro atoms. The number of nitrogens with one attached hydrogen (secondary N) is 2. The highest BCUT2D eigenvalue weighted by atomic mass is 16.1. The van der Waals surface area contributed by atoms with Gasteiger partial charge in [-0.25, -0.2) is 0 Å². The van der Waals surface area contributed by atoms with Crippen LogP contribution in [0.15, 0.2) is 24.3 Å². The molecule has 0 aromatic heterocycles. The smallest absolute Gasteiger partial charge is 0.227 e. The first-order chi connectivity index (χ1) is 10.2. The third-order valence-electron chi connectivity index (χ3n) is 3.75. The molecule has 1 aromatic rings. The van der Waals surface area contributed by atoms with Crippen LogP contribution in [0.1, 0.15) is 58.4 Å². The molecule has 1 amide bonds. The Kier molecular flexibility index (Phi) is 8.76. The molecule has 3 nitrogen and oxygen atoms in total. The van der Waals surface area contributed by atoms with Gasteiger partial charge in [0.2, 0.25) is 5.91 Å². The maximum Gasteiger partial charge on any atom is 0.227 e. The molecule has 0 heterocycles. The van der Waals surface area contributed by atoms with Crippen molar-refractivity contribution in [2.45, 2.75) is 59.4 Å². The van der Waals surface area contributed by atoms with Gasteiger partial charge in [-0.1, -0.05) is 45.7 Å². The summed E-state index contributed by atoms with van der Waals surface area (Å²) >= 11 is 0. The first kappa shape index (κ1) is 17.7. The van der Waals surface area contributed by atoms with E-state index in [1.54, 1.807) is 0 Å². The van der Waals surface area contributed by atoms with Crippen LogP contribution in [0.3, 0.4) is 0 Å². The highest BCUT2D eigenvalue weighted by molar-refractivity contribution is 5.92. The Balaban J connectivity index is 2.48. The van der Waals surface area contributed by atoms with Crippen LogP contribution in [0.5, 0.6) is 0 Å². The van der Waals surface area contributed by atoms with Gasteiger partial charge in [0.1, 0.15) is 0 Å². The summed E-state index contributed by atoms with van der Waals surface area (Å²) in [6, 6.07) is 8.14. The van der Waals surface area contributed by atoms with Crippen molar-refractivity contribution in [2.24, 2.45) is 5.92 Å². The summed E-state index contributed by atoms with van der Waals surface area (Å²) < 4.78 is 0. The first-order valence-corrected chi connectivity index (χ1v) is 8.31. The number of carbonyl (C=O) groups excluding carboxylic acids is 1. The summed E-state index contributed by atoms with van der Waals surface area (Å²) in [7, 11) is 0. The van der Waals surface area contributed by atoms with Gasteiger partial charge >= 0.3 is 0 Å². The largest absolute Gasteiger partial charge is 0.326 e. The molecule has 1 aromatic carbocycles. The molecular formula is C18H30N2O. The van der Waals surface area contributed by atoms with Crippen LogP contribution in [0.2, 0.25) is 0 Å². The second-order valence-corrected chi connectivity index (χ2v) is 5.61. The third-order valence-corrected chi connectivity index (χ3v) is 3.75. The molecule has 1 rings (SSSR count). The molecule has 1 atom stereocenters. The van der Waals surface area contributed by atoms with E-state index in [0.717, 1.165) is 50.9 Å². The summed E-state index contributed by atoms with van der Waals surface area (Å²) in [6.45, 7) is 8.33. The molecule has 118 valence electrons. The van der Waals surface area contributed by atoms with E-state index in [2.05, 4.69) is 43.5 Å². The molecule has 1 unspecified atom stereocenters. The lowest BCUT2D eigenvalue weighted by Crippen LogP contribution is -2.22. The normalized spacial score (nSPS) is 12.1. The van der Waals surface area contributed by atoms with Crippen LogP contribution < -0.4 is 10.6 Å². The minimum Gasteiger partial charge on any atom is -0.326 e. The van der Waals surface area contributed by atoms with Crippen LogP contribution in [-0.2, 0) is 11.3 Å². The highest BCUT2D eigenvalue weighted by Gasteiger charge is 2.15. The lowest BCUT2D eigenvalue weighted by Gasteiger charge is -2.14. The number of amides is 1. The van der Waals surface area contributed by atoms with E-state index in [1.807, 2.05) is 12.1 Å². The Bertz CT molecular complexity index is 400. The molecule has 0 aliphatic heterocycles. The number of rotatable bonds is 10. The van der Waals surface area contributed by atoms with Gasteiger partial charge in [-0.15, -0.1) is 0 Å². The second kappa shape index (κ2) is 10.4. The first-order valence-electron chi connectivity index (χ1n) is 8.31. The monoisotopic (exact) mass is 290 g/mol.